The van der Waals surface area contributed by atoms with Crippen molar-refractivity contribution in [3.63, 3.8) is 0 Å². The van der Waals surface area contributed by atoms with Crippen LogP contribution < -0.4 is 0 Å². The first-order valence-corrected chi connectivity index (χ1v) is 6.92. The van der Waals surface area contributed by atoms with Gasteiger partial charge in [-0.15, -0.1) is 10.2 Å². The highest BCUT2D eigenvalue weighted by Crippen LogP contribution is 2.37. The van der Waals surface area contributed by atoms with E-state index in [0.717, 1.165) is 17.3 Å². The number of hydrogen-bond donors (Lipinski definition) is 0. The van der Waals surface area contributed by atoms with Crippen LogP contribution >= 0.6 is 0 Å². The fourth-order valence-electron chi connectivity index (χ4n) is 2.75. The Labute approximate surface area is 113 Å². The molecule has 2 heterocycles. The minimum absolute atomic E-state index is 0.217. The van der Waals surface area contributed by atoms with Crippen LogP contribution in [-0.4, -0.2) is 19.7 Å². The molecule has 1 aliphatic carbocycles. The first-order valence-electron chi connectivity index (χ1n) is 6.92. The van der Waals surface area contributed by atoms with Crippen LogP contribution in [0.15, 0.2) is 24.4 Å². The van der Waals surface area contributed by atoms with Gasteiger partial charge in [0.25, 0.3) is 0 Å². The van der Waals surface area contributed by atoms with Crippen LogP contribution in [0.4, 0.5) is 0 Å². The highest BCUT2D eigenvalue weighted by molar-refractivity contribution is 5.25. The van der Waals surface area contributed by atoms with Crippen LogP contribution in [0.2, 0.25) is 0 Å². The van der Waals surface area contributed by atoms with Crippen molar-refractivity contribution in [2.24, 2.45) is 7.05 Å². The molecule has 1 aliphatic rings. The molecule has 0 unspecified atom stereocenters. The van der Waals surface area contributed by atoms with E-state index in [-0.39, 0.29) is 5.41 Å². The van der Waals surface area contributed by atoms with Gasteiger partial charge in [0.15, 0.2) is 0 Å². The Balaban J connectivity index is 1.99. The Morgan fingerprint density at radius 1 is 1.21 bits per heavy atom. The lowest BCUT2D eigenvalue weighted by atomic mass is 9.84. The van der Waals surface area contributed by atoms with Crippen LogP contribution in [0.5, 0.6) is 0 Å². The molecule has 4 heteroatoms. The van der Waals surface area contributed by atoms with Crippen molar-refractivity contribution in [3.8, 4) is 0 Å². The predicted octanol–water partition coefficient (Wildman–Crippen LogP) is 2.80. The normalized spacial score (nSPS) is 16.4. The first kappa shape index (κ1) is 12.3. The van der Waals surface area contributed by atoms with Gasteiger partial charge in [-0.3, -0.25) is 4.98 Å². The molecule has 0 aromatic carbocycles. The summed E-state index contributed by atoms with van der Waals surface area (Å²) in [4.78, 5) is 4.48. The molecule has 3 rings (SSSR count). The van der Waals surface area contributed by atoms with Gasteiger partial charge in [0.2, 0.25) is 0 Å². The Morgan fingerprint density at radius 3 is 2.58 bits per heavy atom. The first-order chi connectivity index (χ1) is 9.10. The van der Waals surface area contributed by atoms with Gasteiger partial charge >= 0.3 is 0 Å². The highest BCUT2D eigenvalue weighted by atomic mass is 15.3. The van der Waals surface area contributed by atoms with Crippen LogP contribution in [-0.2, 0) is 12.5 Å². The fraction of sp³-hybridized carbons (Fsp3) is 0.533. The summed E-state index contributed by atoms with van der Waals surface area (Å²) in [5.41, 5.74) is 0.816. The zero-order valence-corrected chi connectivity index (χ0v) is 11.8. The van der Waals surface area contributed by atoms with E-state index in [0.29, 0.717) is 5.92 Å². The fourth-order valence-corrected chi connectivity index (χ4v) is 2.75. The molecule has 0 bridgehead atoms. The third-order valence-corrected chi connectivity index (χ3v) is 4.24. The van der Waals surface area contributed by atoms with Gasteiger partial charge in [-0.1, -0.05) is 12.5 Å². The third-order valence-electron chi connectivity index (χ3n) is 4.24. The molecule has 0 atom stereocenters. The summed E-state index contributed by atoms with van der Waals surface area (Å²) in [5.74, 6) is 2.73. The van der Waals surface area contributed by atoms with E-state index < -0.39 is 0 Å². The highest BCUT2D eigenvalue weighted by Gasteiger charge is 2.33. The van der Waals surface area contributed by atoms with Crippen molar-refractivity contribution in [1.82, 2.24) is 19.7 Å². The van der Waals surface area contributed by atoms with Gasteiger partial charge in [0.05, 0.1) is 11.1 Å². The zero-order chi connectivity index (χ0) is 13.5. The number of rotatable bonds is 3. The molecule has 0 saturated heterocycles. The van der Waals surface area contributed by atoms with E-state index in [1.807, 2.05) is 18.3 Å². The molecule has 4 nitrogen and oxygen atoms in total. The molecule has 0 N–H and O–H groups in total. The number of pyridine rings is 1. The Kier molecular flexibility index (Phi) is 2.88. The summed E-state index contributed by atoms with van der Waals surface area (Å²) in [5, 5.41) is 8.85. The molecule has 1 saturated carbocycles. The maximum atomic E-state index is 4.48. The maximum absolute atomic E-state index is 4.48. The second-order valence-corrected chi connectivity index (χ2v) is 5.91. The zero-order valence-electron chi connectivity index (χ0n) is 11.8. The summed E-state index contributed by atoms with van der Waals surface area (Å²) < 4.78 is 2.17. The van der Waals surface area contributed by atoms with E-state index >= 15 is 0 Å². The standard InChI is InChI=1S/C15H20N4/c1-15(2,12-9-4-5-10-16-12)14-18-17-13(19(14)3)11-7-6-8-11/h4-5,9-11H,6-8H2,1-3H3. The van der Waals surface area contributed by atoms with Gasteiger partial charge < -0.3 is 4.57 Å². The molecule has 100 valence electrons. The summed E-state index contributed by atoms with van der Waals surface area (Å²) >= 11 is 0. The molecule has 2 aromatic rings. The van der Waals surface area contributed by atoms with Crippen molar-refractivity contribution in [1.29, 1.82) is 0 Å². The van der Waals surface area contributed by atoms with Crippen molar-refractivity contribution >= 4 is 0 Å². The minimum atomic E-state index is -0.217. The lowest BCUT2D eigenvalue weighted by Crippen LogP contribution is -2.26. The number of aromatic nitrogens is 4. The van der Waals surface area contributed by atoms with E-state index in [9.17, 15) is 0 Å². The minimum Gasteiger partial charge on any atom is -0.317 e. The largest absolute Gasteiger partial charge is 0.317 e. The molecule has 2 aromatic heterocycles. The molecular formula is C15H20N4. The second kappa shape index (κ2) is 4.44. The van der Waals surface area contributed by atoms with Gasteiger partial charge in [0.1, 0.15) is 11.6 Å². The predicted molar refractivity (Wildman–Crippen MR) is 74.0 cm³/mol. The molecule has 1 fully saturated rings. The summed E-state index contributed by atoms with van der Waals surface area (Å²) in [6.07, 6.45) is 5.64. The van der Waals surface area contributed by atoms with Gasteiger partial charge in [-0.05, 0) is 38.8 Å². The van der Waals surface area contributed by atoms with Crippen molar-refractivity contribution < 1.29 is 0 Å². The van der Waals surface area contributed by atoms with E-state index in [1.165, 1.54) is 19.3 Å². The lowest BCUT2D eigenvalue weighted by molar-refractivity contribution is 0.389. The lowest BCUT2D eigenvalue weighted by Gasteiger charge is -2.26. The molecule has 0 aliphatic heterocycles. The topological polar surface area (TPSA) is 43.6 Å². The van der Waals surface area contributed by atoms with E-state index in [1.54, 1.807) is 0 Å². The summed E-state index contributed by atoms with van der Waals surface area (Å²) in [6.45, 7) is 4.31. The summed E-state index contributed by atoms with van der Waals surface area (Å²) in [6, 6.07) is 6.01. The Morgan fingerprint density at radius 2 is 2.00 bits per heavy atom. The Hall–Kier alpha value is -1.71. The average molecular weight is 256 g/mol. The van der Waals surface area contributed by atoms with Crippen molar-refractivity contribution in [2.75, 3.05) is 0 Å². The quantitative estimate of drug-likeness (QED) is 0.848. The van der Waals surface area contributed by atoms with E-state index in [4.69, 9.17) is 0 Å². The van der Waals surface area contributed by atoms with Gasteiger partial charge in [-0.25, -0.2) is 0 Å². The monoisotopic (exact) mass is 256 g/mol. The third kappa shape index (κ3) is 1.95. The van der Waals surface area contributed by atoms with Gasteiger partial charge in [-0.2, -0.15) is 0 Å². The molecule has 0 spiro atoms. The smallest absolute Gasteiger partial charge is 0.144 e. The van der Waals surface area contributed by atoms with Gasteiger partial charge in [0, 0.05) is 19.2 Å². The van der Waals surface area contributed by atoms with Crippen LogP contribution in [0, 0.1) is 0 Å². The molecule has 0 amide bonds. The van der Waals surface area contributed by atoms with Crippen LogP contribution in [0.3, 0.4) is 0 Å². The van der Waals surface area contributed by atoms with Crippen LogP contribution in [0.25, 0.3) is 0 Å². The summed E-state index contributed by atoms with van der Waals surface area (Å²) in [7, 11) is 2.08. The van der Waals surface area contributed by atoms with E-state index in [2.05, 4.69) is 46.7 Å². The second-order valence-electron chi connectivity index (χ2n) is 5.91. The van der Waals surface area contributed by atoms with Crippen molar-refractivity contribution in [2.45, 2.75) is 44.4 Å². The Bertz CT molecular complexity index is 567. The number of nitrogens with zero attached hydrogens (tertiary/aromatic N) is 4. The number of hydrogen-bond acceptors (Lipinski definition) is 3. The SMILES string of the molecule is Cn1c(C2CCC2)nnc1C(C)(C)c1ccccn1. The molecule has 19 heavy (non-hydrogen) atoms. The maximum Gasteiger partial charge on any atom is 0.144 e. The van der Waals surface area contributed by atoms with Crippen LogP contribution in [0.1, 0.15) is 56.4 Å². The molecular weight excluding hydrogens is 236 g/mol. The van der Waals surface area contributed by atoms with Crippen molar-refractivity contribution in [3.05, 3.63) is 41.7 Å². The average Bonchev–Trinajstić information content (AvgIpc) is 2.71. The molecule has 0 radical (unpaired) electrons.